The Morgan fingerprint density at radius 2 is 1.38 bits per heavy atom. The molecule has 0 fully saturated rings. The van der Waals surface area contributed by atoms with Crippen LogP contribution in [0.4, 0.5) is 0 Å². The maximum atomic E-state index is 3.89. The fourth-order valence-corrected chi connectivity index (χ4v) is 6.18. The van der Waals surface area contributed by atoms with E-state index in [1.807, 2.05) is 5.92 Å². The number of hydrogen-bond acceptors (Lipinski definition) is 0. The molecule has 1 atom stereocenters. The van der Waals surface area contributed by atoms with Gasteiger partial charge in [0.2, 0.25) is 0 Å². The Morgan fingerprint density at radius 3 is 1.71 bits per heavy atom. The summed E-state index contributed by atoms with van der Waals surface area (Å²) >= 11 is 0. The van der Waals surface area contributed by atoms with Crippen LogP contribution in [-0.2, 0) is 0 Å². The van der Waals surface area contributed by atoms with E-state index < -0.39 is 0 Å². The third-order valence-electron chi connectivity index (χ3n) is 7.44. The predicted molar refractivity (Wildman–Crippen MR) is 112 cm³/mol. The summed E-state index contributed by atoms with van der Waals surface area (Å²) in [4.78, 5) is 0. The van der Waals surface area contributed by atoms with Crippen LogP contribution >= 0.6 is 0 Å². The van der Waals surface area contributed by atoms with Gasteiger partial charge in [-0.3, -0.25) is 0 Å². The standard InChI is InChI=1S/C24H47/c1-9-17-18-19-20-22(12-4)24(15-7,16-8)23(13-5,14-6)21(10-2)11-3/h9,22H,1,10-20H2,2-8H3. The average molecular weight is 336 g/mol. The van der Waals surface area contributed by atoms with Gasteiger partial charge in [0, 0.05) is 0 Å². The third kappa shape index (κ3) is 4.67. The lowest BCUT2D eigenvalue weighted by molar-refractivity contribution is -0.0410. The SMILES string of the molecule is C=CCCCCC(CC)C(CC)(CC)C(CC)(CC)[C](CC)CC. The summed E-state index contributed by atoms with van der Waals surface area (Å²) in [6.07, 6.45) is 16.5. The van der Waals surface area contributed by atoms with Gasteiger partial charge in [0.15, 0.2) is 0 Å². The van der Waals surface area contributed by atoms with E-state index in [1.165, 1.54) is 70.6 Å². The van der Waals surface area contributed by atoms with Crippen molar-refractivity contribution in [3.05, 3.63) is 18.6 Å². The second-order valence-corrected chi connectivity index (χ2v) is 7.64. The molecule has 0 nitrogen and oxygen atoms in total. The summed E-state index contributed by atoms with van der Waals surface area (Å²) in [6, 6.07) is 0. The van der Waals surface area contributed by atoms with E-state index in [0.29, 0.717) is 10.8 Å². The molecular formula is C24H47. The first-order valence-electron chi connectivity index (χ1n) is 11.0. The summed E-state index contributed by atoms with van der Waals surface area (Å²) in [5.41, 5.74) is 0.903. The molecule has 0 aromatic rings. The van der Waals surface area contributed by atoms with Crippen molar-refractivity contribution in [2.24, 2.45) is 16.7 Å². The van der Waals surface area contributed by atoms with Gasteiger partial charge in [-0.2, -0.15) is 0 Å². The first kappa shape index (κ1) is 23.7. The van der Waals surface area contributed by atoms with E-state index in [9.17, 15) is 0 Å². The van der Waals surface area contributed by atoms with Crippen molar-refractivity contribution >= 4 is 0 Å². The van der Waals surface area contributed by atoms with Crippen LogP contribution in [0, 0.1) is 22.7 Å². The van der Waals surface area contributed by atoms with Gasteiger partial charge in [0.25, 0.3) is 0 Å². The Morgan fingerprint density at radius 1 is 0.833 bits per heavy atom. The van der Waals surface area contributed by atoms with E-state index in [1.54, 1.807) is 0 Å². The Balaban J connectivity index is 5.79. The number of unbranched alkanes of at least 4 members (excludes halogenated alkanes) is 2. The molecule has 0 aliphatic rings. The van der Waals surface area contributed by atoms with Crippen LogP contribution in [0.3, 0.4) is 0 Å². The molecule has 0 aromatic heterocycles. The maximum Gasteiger partial charge on any atom is -0.0179 e. The normalized spacial score (nSPS) is 14.2. The van der Waals surface area contributed by atoms with E-state index >= 15 is 0 Å². The van der Waals surface area contributed by atoms with E-state index in [2.05, 4.69) is 61.1 Å². The van der Waals surface area contributed by atoms with Crippen LogP contribution < -0.4 is 0 Å². The molecule has 0 heterocycles. The molecule has 1 radical (unpaired) electrons. The van der Waals surface area contributed by atoms with Crippen molar-refractivity contribution in [3.8, 4) is 0 Å². The highest BCUT2D eigenvalue weighted by Gasteiger charge is 2.53. The number of hydrogen-bond donors (Lipinski definition) is 0. The molecule has 0 bridgehead atoms. The van der Waals surface area contributed by atoms with Crippen molar-refractivity contribution in [3.63, 3.8) is 0 Å². The van der Waals surface area contributed by atoms with Gasteiger partial charge in [0.05, 0.1) is 0 Å². The van der Waals surface area contributed by atoms with Crippen LogP contribution in [0.15, 0.2) is 12.7 Å². The van der Waals surface area contributed by atoms with Gasteiger partial charge in [0.1, 0.15) is 0 Å². The molecule has 0 saturated heterocycles. The molecule has 24 heavy (non-hydrogen) atoms. The van der Waals surface area contributed by atoms with Crippen LogP contribution in [0.25, 0.3) is 0 Å². The molecule has 0 N–H and O–H groups in total. The first-order chi connectivity index (χ1) is 11.5. The molecule has 1 unspecified atom stereocenters. The third-order valence-corrected chi connectivity index (χ3v) is 7.44. The second kappa shape index (κ2) is 12.2. The molecule has 0 aromatic carbocycles. The van der Waals surface area contributed by atoms with E-state index in [-0.39, 0.29) is 0 Å². The van der Waals surface area contributed by atoms with E-state index in [4.69, 9.17) is 0 Å². The lowest BCUT2D eigenvalue weighted by atomic mass is 9.46. The van der Waals surface area contributed by atoms with Gasteiger partial charge in [-0.1, -0.05) is 67.4 Å². The molecule has 0 rings (SSSR count). The number of rotatable bonds is 15. The van der Waals surface area contributed by atoms with E-state index in [0.717, 1.165) is 5.92 Å². The first-order valence-corrected chi connectivity index (χ1v) is 11.0. The highest BCUT2D eigenvalue weighted by atomic mass is 14.6. The Bertz CT molecular complexity index is 302. The van der Waals surface area contributed by atoms with Gasteiger partial charge in [-0.15, -0.1) is 6.58 Å². The zero-order valence-corrected chi connectivity index (χ0v) is 18.1. The smallest absolute Gasteiger partial charge is 0.0179 e. The van der Waals surface area contributed by atoms with Crippen LogP contribution in [0.5, 0.6) is 0 Å². The fraction of sp³-hybridized carbons (Fsp3) is 0.875. The molecule has 0 amide bonds. The summed E-state index contributed by atoms with van der Waals surface area (Å²) in [6.45, 7) is 21.0. The van der Waals surface area contributed by atoms with Gasteiger partial charge in [-0.05, 0) is 80.5 Å². The molecule has 0 aliphatic carbocycles. The molecule has 0 heteroatoms. The highest BCUT2D eigenvalue weighted by Crippen LogP contribution is 2.62. The maximum absolute atomic E-state index is 3.89. The molecular weight excluding hydrogens is 288 g/mol. The van der Waals surface area contributed by atoms with Gasteiger partial charge in [-0.25, -0.2) is 0 Å². The highest BCUT2D eigenvalue weighted by molar-refractivity contribution is 5.14. The van der Waals surface area contributed by atoms with Crippen molar-refractivity contribution < 1.29 is 0 Å². The topological polar surface area (TPSA) is 0 Å². The average Bonchev–Trinajstić information content (AvgIpc) is 2.63. The zero-order chi connectivity index (χ0) is 18.6. The Labute approximate surface area is 154 Å². The van der Waals surface area contributed by atoms with Gasteiger partial charge >= 0.3 is 0 Å². The Hall–Kier alpha value is -0.260. The minimum absolute atomic E-state index is 0.430. The van der Waals surface area contributed by atoms with Crippen LogP contribution in [0.2, 0.25) is 0 Å². The van der Waals surface area contributed by atoms with Crippen molar-refractivity contribution in [2.75, 3.05) is 0 Å². The fourth-order valence-electron chi connectivity index (χ4n) is 6.18. The molecule has 0 saturated carbocycles. The molecule has 0 spiro atoms. The van der Waals surface area contributed by atoms with Crippen molar-refractivity contribution in [1.82, 2.24) is 0 Å². The summed E-state index contributed by atoms with van der Waals surface area (Å²) < 4.78 is 0. The summed E-state index contributed by atoms with van der Waals surface area (Å²) in [5.74, 6) is 2.69. The lowest BCUT2D eigenvalue weighted by Gasteiger charge is -2.58. The molecule has 143 valence electrons. The largest absolute Gasteiger partial charge is 0.103 e. The second-order valence-electron chi connectivity index (χ2n) is 7.64. The van der Waals surface area contributed by atoms with Crippen LogP contribution in [0.1, 0.15) is 119 Å². The van der Waals surface area contributed by atoms with Crippen LogP contribution in [-0.4, -0.2) is 0 Å². The number of allylic oxidation sites excluding steroid dienone is 1. The summed E-state index contributed by atoms with van der Waals surface area (Å²) in [7, 11) is 0. The summed E-state index contributed by atoms with van der Waals surface area (Å²) in [5, 5.41) is 0. The minimum atomic E-state index is 0.430. The van der Waals surface area contributed by atoms with Crippen molar-refractivity contribution in [1.29, 1.82) is 0 Å². The molecule has 0 aliphatic heterocycles. The monoisotopic (exact) mass is 335 g/mol. The quantitative estimate of drug-likeness (QED) is 0.207. The minimum Gasteiger partial charge on any atom is -0.103 e. The Kier molecular flexibility index (Phi) is 12.0. The van der Waals surface area contributed by atoms with Gasteiger partial charge < -0.3 is 0 Å². The zero-order valence-electron chi connectivity index (χ0n) is 18.1. The lowest BCUT2D eigenvalue weighted by Crippen LogP contribution is -2.49. The predicted octanol–water partition coefficient (Wildman–Crippen LogP) is 8.77. The van der Waals surface area contributed by atoms with Crippen molar-refractivity contribution in [2.45, 2.75) is 119 Å².